The number of halogens is 2. The van der Waals surface area contributed by atoms with Gasteiger partial charge in [-0.05, 0) is 31.5 Å². The maximum Gasteiger partial charge on any atom is 0.305 e. The number of hydrogen-bond donors (Lipinski definition) is 2. The minimum absolute atomic E-state index is 0.123. The smallest absolute Gasteiger partial charge is 0.305 e. The number of hydrogen-bond acceptors (Lipinski definition) is 4. The Hall–Kier alpha value is -1.58. The Morgan fingerprint density at radius 1 is 1.29 bits per heavy atom. The van der Waals surface area contributed by atoms with Crippen LogP contribution in [-0.4, -0.2) is 13.4 Å². The molecule has 1 aromatic carbocycles. The summed E-state index contributed by atoms with van der Waals surface area (Å²) in [5.41, 5.74) is 0.507. The zero-order valence-corrected chi connectivity index (χ0v) is 12.7. The fourth-order valence-corrected chi connectivity index (χ4v) is 4.33. The first kappa shape index (κ1) is 15.8. The molecular formula is C12H12F2N2O3S2. The number of thiazole rings is 1. The summed E-state index contributed by atoms with van der Waals surface area (Å²) in [5, 5.41) is 0. The van der Waals surface area contributed by atoms with Gasteiger partial charge in [0.15, 0.2) is 15.8 Å². The Bertz CT molecular complexity index is 827. The van der Waals surface area contributed by atoms with E-state index in [2.05, 4.69) is 9.71 Å². The standard InChI is InChI=1S/C12H12F2N2O3S2/c1-6(8-3-4-9(13)10(14)5-8)16-21(18,19)11-7(2)15-12(17)20-11/h3-6,16H,1-2H3,(H,15,17). The molecule has 0 fully saturated rings. The molecule has 2 N–H and O–H groups in total. The van der Waals surface area contributed by atoms with Crippen LogP contribution in [0.25, 0.3) is 0 Å². The molecule has 0 aliphatic rings. The van der Waals surface area contributed by atoms with E-state index in [9.17, 15) is 22.0 Å². The van der Waals surface area contributed by atoms with Crippen LogP contribution in [0.2, 0.25) is 0 Å². The van der Waals surface area contributed by atoms with Gasteiger partial charge in [0.2, 0.25) is 0 Å². The summed E-state index contributed by atoms with van der Waals surface area (Å²) < 4.78 is 52.6. The zero-order valence-electron chi connectivity index (χ0n) is 11.1. The predicted molar refractivity (Wildman–Crippen MR) is 74.8 cm³/mol. The van der Waals surface area contributed by atoms with Gasteiger partial charge >= 0.3 is 4.87 Å². The van der Waals surface area contributed by atoms with E-state index in [0.29, 0.717) is 11.3 Å². The van der Waals surface area contributed by atoms with Crippen LogP contribution in [0.4, 0.5) is 8.78 Å². The number of aryl methyl sites for hydroxylation is 1. The van der Waals surface area contributed by atoms with E-state index < -0.39 is 32.6 Å². The Morgan fingerprint density at radius 3 is 2.48 bits per heavy atom. The molecule has 0 amide bonds. The van der Waals surface area contributed by atoms with Crippen molar-refractivity contribution in [3.63, 3.8) is 0 Å². The van der Waals surface area contributed by atoms with Crippen LogP contribution in [0.15, 0.2) is 27.2 Å². The first-order valence-corrected chi connectivity index (χ1v) is 8.17. The summed E-state index contributed by atoms with van der Waals surface area (Å²) >= 11 is 0.568. The normalized spacial score (nSPS) is 13.3. The average molecular weight is 334 g/mol. The van der Waals surface area contributed by atoms with Crippen molar-refractivity contribution in [3.8, 4) is 0 Å². The molecule has 5 nitrogen and oxygen atoms in total. The van der Waals surface area contributed by atoms with Crippen molar-refractivity contribution in [2.45, 2.75) is 24.1 Å². The lowest BCUT2D eigenvalue weighted by Crippen LogP contribution is -2.27. The summed E-state index contributed by atoms with van der Waals surface area (Å²) in [6.45, 7) is 2.96. The molecule has 0 bridgehead atoms. The average Bonchev–Trinajstić information content (AvgIpc) is 2.72. The maximum absolute atomic E-state index is 13.2. The highest BCUT2D eigenvalue weighted by Crippen LogP contribution is 2.21. The first-order valence-electron chi connectivity index (χ1n) is 5.87. The van der Waals surface area contributed by atoms with Crippen molar-refractivity contribution < 1.29 is 17.2 Å². The largest absolute Gasteiger partial charge is 0.315 e. The predicted octanol–water partition coefficient (Wildman–Crippen LogP) is 2.06. The van der Waals surface area contributed by atoms with E-state index in [4.69, 9.17) is 0 Å². The van der Waals surface area contributed by atoms with Gasteiger partial charge in [0, 0.05) is 11.7 Å². The fraction of sp³-hybridized carbons (Fsp3) is 0.250. The van der Waals surface area contributed by atoms with Gasteiger partial charge in [-0.15, -0.1) is 0 Å². The molecule has 1 heterocycles. The van der Waals surface area contributed by atoms with E-state index in [1.54, 1.807) is 0 Å². The molecular weight excluding hydrogens is 322 g/mol. The van der Waals surface area contributed by atoms with Crippen LogP contribution < -0.4 is 9.60 Å². The van der Waals surface area contributed by atoms with Crippen molar-refractivity contribution in [2.75, 3.05) is 0 Å². The number of aromatic amines is 1. The lowest BCUT2D eigenvalue weighted by Gasteiger charge is -2.14. The molecule has 0 aliphatic heterocycles. The SMILES string of the molecule is Cc1[nH]c(=O)sc1S(=O)(=O)NC(C)c1ccc(F)c(F)c1. The molecule has 1 unspecified atom stereocenters. The highest BCUT2D eigenvalue weighted by Gasteiger charge is 2.23. The molecule has 0 spiro atoms. The van der Waals surface area contributed by atoms with E-state index in [0.717, 1.165) is 12.1 Å². The van der Waals surface area contributed by atoms with Crippen LogP contribution in [-0.2, 0) is 10.0 Å². The van der Waals surface area contributed by atoms with Gasteiger partial charge in [-0.1, -0.05) is 17.4 Å². The van der Waals surface area contributed by atoms with Gasteiger partial charge in [-0.25, -0.2) is 21.9 Å². The van der Waals surface area contributed by atoms with Gasteiger partial charge in [-0.3, -0.25) is 4.79 Å². The zero-order chi connectivity index (χ0) is 15.8. The molecule has 1 atom stereocenters. The van der Waals surface area contributed by atoms with E-state index in [1.165, 1.54) is 19.9 Å². The highest BCUT2D eigenvalue weighted by atomic mass is 32.2. The topological polar surface area (TPSA) is 79.0 Å². The molecule has 0 saturated carbocycles. The molecule has 114 valence electrons. The minimum atomic E-state index is -3.92. The summed E-state index contributed by atoms with van der Waals surface area (Å²) in [5.74, 6) is -2.06. The van der Waals surface area contributed by atoms with Crippen LogP contribution in [0.3, 0.4) is 0 Å². The fourth-order valence-electron chi connectivity index (χ4n) is 1.78. The minimum Gasteiger partial charge on any atom is -0.315 e. The lowest BCUT2D eigenvalue weighted by molar-refractivity contribution is 0.504. The van der Waals surface area contributed by atoms with Crippen LogP contribution in [0, 0.1) is 18.6 Å². The van der Waals surface area contributed by atoms with Gasteiger partial charge in [0.25, 0.3) is 10.0 Å². The quantitative estimate of drug-likeness (QED) is 0.898. The molecule has 0 aliphatic carbocycles. The van der Waals surface area contributed by atoms with Crippen molar-refractivity contribution in [1.82, 2.24) is 9.71 Å². The third-order valence-corrected chi connectivity index (χ3v) is 5.95. The second-order valence-corrected chi connectivity index (χ2v) is 7.34. The molecule has 9 heteroatoms. The van der Waals surface area contributed by atoms with Gasteiger partial charge in [0.1, 0.15) is 0 Å². The van der Waals surface area contributed by atoms with Gasteiger partial charge in [0.05, 0.1) is 0 Å². The third-order valence-electron chi connectivity index (χ3n) is 2.80. The number of H-pyrrole nitrogens is 1. The molecule has 21 heavy (non-hydrogen) atoms. The number of sulfonamides is 1. The van der Waals surface area contributed by atoms with Crippen molar-refractivity contribution in [3.05, 3.63) is 50.8 Å². The third kappa shape index (κ3) is 3.36. The summed E-state index contributed by atoms with van der Waals surface area (Å²) in [4.78, 5) is 13.1. The summed E-state index contributed by atoms with van der Waals surface area (Å²) in [6, 6.07) is 2.37. The summed E-state index contributed by atoms with van der Waals surface area (Å²) in [7, 11) is -3.92. The number of aromatic nitrogens is 1. The Balaban J connectivity index is 2.29. The molecule has 2 rings (SSSR count). The monoisotopic (exact) mass is 334 g/mol. The lowest BCUT2D eigenvalue weighted by atomic mass is 10.1. The Labute approximate surface area is 123 Å². The van der Waals surface area contributed by atoms with Crippen LogP contribution >= 0.6 is 11.3 Å². The number of nitrogens with one attached hydrogen (secondary N) is 2. The van der Waals surface area contributed by atoms with Crippen molar-refractivity contribution in [2.24, 2.45) is 0 Å². The second-order valence-electron chi connectivity index (χ2n) is 4.44. The Morgan fingerprint density at radius 2 is 1.95 bits per heavy atom. The number of benzene rings is 1. The van der Waals surface area contributed by atoms with Crippen LogP contribution in [0.5, 0.6) is 0 Å². The van der Waals surface area contributed by atoms with Crippen molar-refractivity contribution in [1.29, 1.82) is 0 Å². The van der Waals surface area contributed by atoms with Gasteiger partial charge in [-0.2, -0.15) is 0 Å². The second kappa shape index (κ2) is 5.66. The molecule has 1 aromatic heterocycles. The highest BCUT2D eigenvalue weighted by molar-refractivity contribution is 7.91. The number of rotatable bonds is 4. The van der Waals surface area contributed by atoms with E-state index in [-0.39, 0.29) is 15.5 Å². The summed E-state index contributed by atoms with van der Waals surface area (Å²) in [6.07, 6.45) is 0. The Kier molecular flexibility index (Phi) is 4.26. The van der Waals surface area contributed by atoms with E-state index in [1.807, 2.05) is 0 Å². The maximum atomic E-state index is 13.2. The molecule has 0 radical (unpaired) electrons. The van der Waals surface area contributed by atoms with Crippen LogP contribution in [0.1, 0.15) is 24.2 Å². The van der Waals surface area contributed by atoms with E-state index >= 15 is 0 Å². The first-order chi connectivity index (χ1) is 9.70. The molecule has 2 aromatic rings. The molecule has 0 saturated heterocycles. The van der Waals surface area contributed by atoms with Crippen molar-refractivity contribution >= 4 is 21.4 Å². The van der Waals surface area contributed by atoms with Gasteiger partial charge < -0.3 is 4.98 Å².